The van der Waals surface area contributed by atoms with Gasteiger partial charge in [0.15, 0.2) is 5.82 Å². The lowest BCUT2D eigenvalue weighted by atomic mass is 10.1. The fourth-order valence-corrected chi connectivity index (χ4v) is 4.50. The molecule has 3 heterocycles. The Balaban J connectivity index is 1.38. The molecule has 2 aromatic heterocycles. The van der Waals surface area contributed by atoms with Crippen molar-refractivity contribution in [2.24, 2.45) is 0 Å². The zero-order valence-corrected chi connectivity index (χ0v) is 19.9. The number of benzene rings is 2. The Morgan fingerprint density at radius 3 is 2.73 bits per heavy atom. The van der Waals surface area contributed by atoms with E-state index in [1.807, 2.05) is 24.3 Å². The van der Waals surface area contributed by atoms with Gasteiger partial charge in [0.2, 0.25) is 0 Å². The summed E-state index contributed by atoms with van der Waals surface area (Å²) in [6, 6.07) is 11.1. The quantitative estimate of drug-likeness (QED) is 0.362. The first kappa shape index (κ1) is 24.0. The highest BCUT2D eigenvalue weighted by atomic mass is 19.1. The standard InChI is InChI=1S/C25H24FN7O4/c1-37-19-7-6-17(26)10-18(19)24(34)28-11-14-2-4-15(5-3-14)20-21-22(27)29-13-30-33(21)23(31-20)16-8-9-32(12-16)25(35)36/h2-7,10,13,16H,8-9,11-12H2,1H3,(H,28,34)(H,35,36)(H2,27,29,30). The average Bonchev–Trinajstić information content (AvgIpc) is 3.54. The lowest BCUT2D eigenvalue weighted by Gasteiger charge is -2.11. The summed E-state index contributed by atoms with van der Waals surface area (Å²) in [7, 11) is 1.42. The molecule has 0 saturated carbocycles. The number of anilines is 1. The molecule has 37 heavy (non-hydrogen) atoms. The second kappa shape index (κ2) is 9.72. The maximum Gasteiger partial charge on any atom is 0.407 e. The highest BCUT2D eigenvalue weighted by Crippen LogP contribution is 2.33. The first-order chi connectivity index (χ1) is 17.9. The molecule has 0 aliphatic carbocycles. The Morgan fingerprint density at radius 2 is 2.03 bits per heavy atom. The van der Waals surface area contributed by atoms with Crippen LogP contribution < -0.4 is 15.8 Å². The van der Waals surface area contributed by atoms with Gasteiger partial charge in [0.05, 0.1) is 12.7 Å². The summed E-state index contributed by atoms with van der Waals surface area (Å²) in [5.41, 5.74) is 9.00. The van der Waals surface area contributed by atoms with E-state index in [9.17, 15) is 19.1 Å². The topological polar surface area (TPSA) is 148 Å². The maximum atomic E-state index is 13.6. The van der Waals surface area contributed by atoms with Crippen LogP contribution in [0.15, 0.2) is 48.8 Å². The number of amides is 2. The average molecular weight is 506 g/mol. The van der Waals surface area contributed by atoms with Crippen molar-refractivity contribution in [3.63, 3.8) is 0 Å². The number of hydrogen-bond acceptors (Lipinski definition) is 7. The normalized spacial score (nSPS) is 15.2. The van der Waals surface area contributed by atoms with Crippen molar-refractivity contribution >= 4 is 23.3 Å². The van der Waals surface area contributed by atoms with Crippen molar-refractivity contribution in [3.8, 4) is 17.0 Å². The minimum absolute atomic E-state index is 0.111. The van der Waals surface area contributed by atoms with Crippen LogP contribution in [0.4, 0.5) is 15.0 Å². The summed E-state index contributed by atoms with van der Waals surface area (Å²) in [6.45, 7) is 0.964. The molecule has 11 nitrogen and oxygen atoms in total. The number of hydrogen-bond donors (Lipinski definition) is 3. The number of fused-ring (bicyclic) bond motifs is 1. The monoisotopic (exact) mass is 505 g/mol. The van der Waals surface area contributed by atoms with Crippen molar-refractivity contribution in [1.82, 2.24) is 29.8 Å². The fourth-order valence-electron chi connectivity index (χ4n) is 4.50. The van der Waals surface area contributed by atoms with Crippen molar-refractivity contribution in [1.29, 1.82) is 0 Å². The van der Waals surface area contributed by atoms with E-state index < -0.39 is 17.8 Å². The van der Waals surface area contributed by atoms with Crippen molar-refractivity contribution in [2.75, 3.05) is 25.9 Å². The smallest absolute Gasteiger partial charge is 0.407 e. The first-order valence-electron chi connectivity index (χ1n) is 11.5. The highest BCUT2D eigenvalue weighted by Gasteiger charge is 2.32. The molecule has 0 bridgehead atoms. The molecule has 1 atom stereocenters. The van der Waals surface area contributed by atoms with Crippen molar-refractivity contribution in [3.05, 3.63) is 71.6 Å². The molecule has 1 aliphatic rings. The second-order valence-electron chi connectivity index (χ2n) is 8.66. The number of halogens is 1. The molecule has 1 fully saturated rings. The van der Waals surface area contributed by atoms with Gasteiger partial charge in [0.1, 0.15) is 34.9 Å². The van der Waals surface area contributed by atoms with Crippen LogP contribution in [0.3, 0.4) is 0 Å². The van der Waals surface area contributed by atoms with E-state index in [1.165, 1.54) is 30.5 Å². The molecular weight excluding hydrogens is 481 g/mol. The number of methoxy groups -OCH3 is 1. The molecule has 1 unspecified atom stereocenters. The summed E-state index contributed by atoms with van der Waals surface area (Å²) < 4.78 is 20.4. The molecular formula is C25H24FN7O4. The van der Waals surface area contributed by atoms with Crippen LogP contribution in [0.1, 0.15) is 34.1 Å². The van der Waals surface area contributed by atoms with Gasteiger partial charge in [-0.2, -0.15) is 5.10 Å². The zero-order valence-electron chi connectivity index (χ0n) is 19.9. The van der Waals surface area contributed by atoms with Gasteiger partial charge in [0, 0.05) is 31.1 Å². The number of nitrogen functional groups attached to an aromatic ring is 1. The molecule has 4 aromatic rings. The van der Waals surface area contributed by atoms with E-state index >= 15 is 0 Å². The van der Waals surface area contributed by atoms with Gasteiger partial charge in [-0.25, -0.2) is 23.7 Å². The van der Waals surface area contributed by atoms with E-state index in [0.29, 0.717) is 36.5 Å². The number of ether oxygens (including phenoxy) is 1. The third kappa shape index (κ3) is 4.60. The van der Waals surface area contributed by atoms with Gasteiger partial charge in [-0.1, -0.05) is 24.3 Å². The van der Waals surface area contributed by atoms with Crippen LogP contribution in [0.25, 0.3) is 16.8 Å². The number of carbonyl (C=O) groups excluding carboxylic acids is 1. The molecule has 0 spiro atoms. The fraction of sp³-hybridized carbons (Fsp3) is 0.240. The number of nitrogens with zero attached hydrogens (tertiary/aromatic N) is 5. The predicted octanol–water partition coefficient (Wildman–Crippen LogP) is 2.92. The van der Waals surface area contributed by atoms with Crippen LogP contribution in [-0.2, 0) is 6.54 Å². The SMILES string of the molecule is COc1ccc(F)cc1C(=O)NCc1ccc(-c2nc(C3CCN(C(=O)O)C3)n3ncnc(N)c23)cc1. The highest BCUT2D eigenvalue weighted by molar-refractivity contribution is 5.97. The number of aromatic nitrogens is 4. The Labute approximate surface area is 210 Å². The molecule has 4 N–H and O–H groups in total. The van der Waals surface area contributed by atoms with Gasteiger partial charge in [-0.3, -0.25) is 4.79 Å². The van der Waals surface area contributed by atoms with E-state index in [2.05, 4.69) is 15.4 Å². The van der Waals surface area contributed by atoms with E-state index in [1.54, 1.807) is 4.52 Å². The lowest BCUT2D eigenvalue weighted by molar-refractivity contribution is 0.0947. The Kier molecular flexibility index (Phi) is 6.30. The summed E-state index contributed by atoms with van der Waals surface area (Å²) >= 11 is 0. The van der Waals surface area contributed by atoms with Crippen LogP contribution >= 0.6 is 0 Å². The van der Waals surface area contributed by atoms with Gasteiger partial charge >= 0.3 is 6.09 Å². The predicted molar refractivity (Wildman–Crippen MR) is 132 cm³/mol. The Hall–Kier alpha value is -4.74. The molecule has 2 aromatic carbocycles. The van der Waals surface area contributed by atoms with Crippen LogP contribution in [0.5, 0.6) is 5.75 Å². The third-order valence-corrected chi connectivity index (χ3v) is 6.40. The number of rotatable bonds is 6. The third-order valence-electron chi connectivity index (χ3n) is 6.40. The largest absolute Gasteiger partial charge is 0.496 e. The number of nitrogens with two attached hydrogens (primary N) is 1. The Bertz CT molecular complexity index is 1490. The van der Waals surface area contributed by atoms with Gasteiger partial charge in [0.25, 0.3) is 5.91 Å². The first-order valence-corrected chi connectivity index (χ1v) is 11.5. The number of likely N-dealkylation sites (tertiary alicyclic amines) is 1. The van der Waals surface area contributed by atoms with Crippen molar-refractivity contribution in [2.45, 2.75) is 18.9 Å². The minimum atomic E-state index is -0.962. The number of carbonyl (C=O) groups is 2. The summed E-state index contributed by atoms with van der Waals surface area (Å²) in [4.78, 5) is 34.2. The maximum absolute atomic E-state index is 13.6. The molecule has 2 amide bonds. The number of carboxylic acid groups (broad SMARTS) is 1. The summed E-state index contributed by atoms with van der Waals surface area (Å²) in [5.74, 6) is 0.0622. The zero-order chi connectivity index (χ0) is 26.1. The molecule has 5 rings (SSSR count). The van der Waals surface area contributed by atoms with Crippen LogP contribution in [-0.4, -0.2) is 61.8 Å². The molecule has 12 heteroatoms. The second-order valence-corrected chi connectivity index (χ2v) is 8.66. The minimum Gasteiger partial charge on any atom is -0.496 e. The summed E-state index contributed by atoms with van der Waals surface area (Å²) in [6.07, 6.45) is 1.01. The number of imidazole rings is 1. The van der Waals surface area contributed by atoms with Crippen LogP contribution in [0, 0.1) is 5.82 Å². The number of nitrogens with one attached hydrogen (secondary N) is 1. The Morgan fingerprint density at radius 1 is 1.24 bits per heavy atom. The lowest BCUT2D eigenvalue weighted by Crippen LogP contribution is -2.26. The molecule has 1 aliphatic heterocycles. The van der Waals surface area contributed by atoms with E-state index in [0.717, 1.165) is 17.2 Å². The summed E-state index contributed by atoms with van der Waals surface area (Å²) in [5, 5.41) is 16.4. The molecule has 0 radical (unpaired) electrons. The van der Waals surface area contributed by atoms with Gasteiger partial charge in [-0.05, 0) is 30.2 Å². The van der Waals surface area contributed by atoms with E-state index in [-0.39, 0.29) is 29.6 Å². The molecule has 190 valence electrons. The van der Waals surface area contributed by atoms with Crippen molar-refractivity contribution < 1.29 is 23.8 Å². The molecule has 1 saturated heterocycles. The van der Waals surface area contributed by atoms with Gasteiger partial charge in [-0.15, -0.1) is 0 Å². The van der Waals surface area contributed by atoms with Gasteiger partial charge < -0.3 is 25.8 Å². The van der Waals surface area contributed by atoms with E-state index in [4.69, 9.17) is 15.5 Å². The van der Waals surface area contributed by atoms with Crippen LogP contribution in [0.2, 0.25) is 0 Å².